The Labute approximate surface area is 101 Å². The van der Waals surface area contributed by atoms with Crippen LogP contribution in [0.2, 0.25) is 0 Å². The minimum atomic E-state index is 0.100. The summed E-state index contributed by atoms with van der Waals surface area (Å²) in [5.41, 5.74) is 1.93. The standard InChI is InChI=1S/C14H16N2O/c1-14(2)9-12(14)13(17)16-11-5-3-10(4-6-11)7-8-15/h3-6,12H,7,9H2,1-2H3,(H,16,17). The number of nitriles is 1. The second kappa shape index (κ2) is 4.21. The molecule has 1 aliphatic rings. The maximum absolute atomic E-state index is 11.8. The SMILES string of the molecule is CC1(C)CC1C(=O)Nc1ccc(CC#N)cc1. The molecule has 17 heavy (non-hydrogen) atoms. The first-order valence-corrected chi connectivity index (χ1v) is 5.80. The van der Waals surface area contributed by atoms with Gasteiger partial charge in [-0.25, -0.2) is 0 Å². The molecule has 1 aromatic rings. The number of benzene rings is 1. The molecule has 1 saturated carbocycles. The summed E-state index contributed by atoms with van der Waals surface area (Å²) in [7, 11) is 0. The van der Waals surface area contributed by atoms with Crippen LogP contribution in [0.4, 0.5) is 5.69 Å². The number of nitrogens with one attached hydrogen (secondary N) is 1. The Morgan fingerprint density at radius 3 is 2.53 bits per heavy atom. The Balaban J connectivity index is 1.96. The zero-order valence-corrected chi connectivity index (χ0v) is 10.2. The lowest BCUT2D eigenvalue weighted by Crippen LogP contribution is -2.16. The molecule has 1 atom stereocenters. The summed E-state index contributed by atoms with van der Waals surface area (Å²) >= 11 is 0. The number of hydrogen-bond donors (Lipinski definition) is 1. The molecule has 3 heteroatoms. The molecule has 0 aromatic heterocycles. The molecule has 2 rings (SSSR count). The number of amides is 1. The van der Waals surface area contributed by atoms with Gasteiger partial charge >= 0.3 is 0 Å². The summed E-state index contributed by atoms with van der Waals surface area (Å²) in [6.45, 7) is 4.21. The predicted molar refractivity (Wildman–Crippen MR) is 66.3 cm³/mol. The van der Waals surface area contributed by atoms with Gasteiger partial charge < -0.3 is 5.32 Å². The van der Waals surface area contributed by atoms with Crippen molar-refractivity contribution in [3.63, 3.8) is 0 Å². The third kappa shape index (κ3) is 2.65. The smallest absolute Gasteiger partial charge is 0.228 e. The van der Waals surface area contributed by atoms with E-state index < -0.39 is 0 Å². The summed E-state index contributed by atoms with van der Waals surface area (Å²) in [4.78, 5) is 11.8. The molecule has 88 valence electrons. The summed E-state index contributed by atoms with van der Waals surface area (Å²) in [6.07, 6.45) is 1.37. The molecule has 1 N–H and O–H groups in total. The number of carbonyl (C=O) groups is 1. The van der Waals surface area contributed by atoms with E-state index >= 15 is 0 Å². The summed E-state index contributed by atoms with van der Waals surface area (Å²) in [5, 5.41) is 11.5. The molecular weight excluding hydrogens is 212 g/mol. The van der Waals surface area contributed by atoms with Gasteiger partial charge in [0.05, 0.1) is 12.5 Å². The molecule has 1 amide bonds. The van der Waals surface area contributed by atoms with E-state index in [9.17, 15) is 4.79 Å². The number of hydrogen-bond acceptors (Lipinski definition) is 2. The van der Waals surface area contributed by atoms with Crippen molar-refractivity contribution >= 4 is 11.6 Å². The van der Waals surface area contributed by atoms with E-state index in [0.29, 0.717) is 6.42 Å². The fraction of sp³-hybridized carbons (Fsp3) is 0.429. The first-order valence-electron chi connectivity index (χ1n) is 5.80. The topological polar surface area (TPSA) is 52.9 Å². The zero-order chi connectivity index (χ0) is 12.5. The van der Waals surface area contributed by atoms with Gasteiger partial charge in [0.25, 0.3) is 0 Å². The van der Waals surface area contributed by atoms with Crippen molar-refractivity contribution in [2.24, 2.45) is 11.3 Å². The number of carbonyl (C=O) groups excluding carboxylic acids is 1. The summed E-state index contributed by atoms with van der Waals surface area (Å²) in [6, 6.07) is 9.53. The predicted octanol–water partition coefficient (Wildman–Crippen LogP) is 2.74. The maximum atomic E-state index is 11.8. The van der Waals surface area contributed by atoms with Crippen LogP contribution in [0.15, 0.2) is 24.3 Å². The quantitative estimate of drug-likeness (QED) is 0.864. The van der Waals surface area contributed by atoms with E-state index in [1.54, 1.807) is 0 Å². The average molecular weight is 228 g/mol. The van der Waals surface area contributed by atoms with Crippen LogP contribution in [0.1, 0.15) is 25.8 Å². The van der Waals surface area contributed by atoms with Crippen molar-refractivity contribution in [2.75, 3.05) is 5.32 Å². The van der Waals surface area contributed by atoms with Crippen LogP contribution in [-0.4, -0.2) is 5.91 Å². The van der Waals surface area contributed by atoms with Crippen LogP contribution in [0.25, 0.3) is 0 Å². The Hall–Kier alpha value is -1.82. The number of nitrogens with zero attached hydrogens (tertiary/aromatic N) is 1. The lowest BCUT2D eigenvalue weighted by atomic mass is 10.1. The minimum Gasteiger partial charge on any atom is -0.326 e. The van der Waals surface area contributed by atoms with Gasteiger partial charge in [-0.1, -0.05) is 26.0 Å². The minimum absolute atomic E-state index is 0.100. The normalized spacial score (nSPS) is 20.4. The van der Waals surface area contributed by atoms with Crippen LogP contribution >= 0.6 is 0 Å². The molecular formula is C14H16N2O. The van der Waals surface area contributed by atoms with Crippen LogP contribution in [0.5, 0.6) is 0 Å². The van der Waals surface area contributed by atoms with Crippen molar-refractivity contribution in [3.05, 3.63) is 29.8 Å². The highest BCUT2D eigenvalue weighted by molar-refractivity contribution is 5.94. The molecule has 1 aromatic carbocycles. The van der Waals surface area contributed by atoms with E-state index in [1.807, 2.05) is 24.3 Å². The van der Waals surface area contributed by atoms with Gasteiger partial charge in [0, 0.05) is 11.6 Å². The van der Waals surface area contributed by atoms with Crippen molar-refractivity contribution in [1.82, 2.24) is 0 Å². The Morgan fingerprint density at radius 2 is 2.06 bits per heavy atom. The van der Waals surface area contributed by atoms with Crippen molar-refractivity contribution in [2.45, 2.75) is 26.7 Å². The van der Waals surface area contributed by atoms with E-state index in [0.717, 1.165) is 17.7 Å². The Kier molecular flexibility index (Phi) is 2.89. The first kappa shape index (κ1) is 11.7. The fourth-order valence-corrected chi connectivity index (χ4v) is 1.94. The molecule has 0 heterocycles. The molecule has 0 saturated heterocycles. The highest BCUT2D eigenvalue weighted by atomic mass is 16.2. The van der Waals surface area contributed by atoms with Gasteiger partial charge in [0.2, 0.25) is 5.91 Å². The third-order valence-corrected chi connectivity index (χ3v) is 3.33. The van der Waals surface area contributed by atoms with Crippen molar-refractivity contribution < 1.29 is 4.79 Å². The van der Waals surface area contributed by atoms with Gasteiger partial charge in [0.15, 0.2) is 0 Å². The highest BCUT2D eigenvalue weighted by Crippen LogP contribution is 2.51. The van der Waals surface area contributed by atoms with Crippen LogP contribution < -0.4 is 5.32 Å². The molecule has 0 radical (unpaired) electrons. The van der Waals surface area contributed by atoms with Gasteiger partial charge in [-0.05, 0) is 29.5 Å². The first-order chi connectivity index (χ1) is 8.03. The molecule has 1 fully saturated rings. The highest BCUT2D eigenvalue weighted by Gasteiger charge is 2.50. The maximum Gasteiger partial charge on any atom is 0.228 e. The fourth-order valence-electron chi connectivity index (χ4n) is 1.94. The van der Waals surface area contributed by atoms with Crippen LogP contribution in [-0.2, 0) is 11.2 Å². The van der Waals surface area contributed by atoms with Crippen LogP contribution in [0, 0.1) is 22.7 Å². The molecule has 0 spiro atoms. The van der Waals surface area contributed by atoms with Gasteiger partial charge in [-0.2, -0.15) is 5.26 Å². The van der Waals surface area contributed by atoms with Crippen molar-refractivity contribution in [3.8, 4) is 6.07 Å². The second-order valence-electron chi connectivity index (χ2n) is 5.27. The Morgan fingerprint density at radius 1 is 1.47 bits per heavy atom. The number of anilines is 1. The lowest BCUT2D eigenvalue weighted by Gasteiger charge is -2.06. The second-order valence-corrected chi connectivity index (χ2v) is 5.27. The van der Waals surface area contributed by atoms with E-state index in [1.165, 1.54) is 0 Å². The zero-order valence-electron chi connectivity index (χ0n) is 10.2. The van der Waals surface area contributed by atoms with Crippen LogP contribution in [0.3, 0.4) is 0 Å². The molecule has 1 unspecified atom stereocenters. The summed E-state index contributed by atoms with van der Waals surface area (Å²) < 4.78 is 0. The largest absolute Gasteiger partial charge is 0.326 e. The van der Waals surface area contributed by atoms with E-state index in [4.69, 9.17) is 5.26 Å². The summed E-state index contributed by atoms with van der Waals surface area (Å²) in [5.74, 6) is 0.240. The molecule has 1 aliphatic carbocycles. The number of rotatable bonds is 3. The van der Waals surface area contributed by atoms with E-state index in [-0.39, 0.29) is 17.2 Å². The van der Waals surface area contributed by atoms with Gasteiger partial charge in [-0.3, -0.25) is 4.79 Å². The van der Waals surface area contributed by atoms with Gasteiger partial charge in [0.1, 0.15) is 0 Å². The van der Waals surface area contributed by atoms with E-state index in [2.05, 4.69) is 25.2 Å². The molecule has 0 bridgehead atoms. The monoisotopic (exact) mass is 228 g/mol. The molecule has 0 aliphatic heterocycles. The van der Waals surface area contributed by atoms with Crippen molar-refractivity contribution in [1.29, 1.82) is 5.26 Å². The molecule has 3 nitrogen and oxygen atoms in total. The van der Waals surface area contributed by atoms with Gasteiger partial charge in [-0.15, -0.1) is 0 Å². The Bertz CT molecular complexity index is 468. The third-order valence-electron chi connectivity index (χ3n) is 3.33. The average Bonchev–Trinajstić information content (AvgIpc) is 2.91. The lowest BCUT2D eigenvalue weighted by molar-refractivity contribution is -0.117.